The summed E-state index contributed by atoms with van der Waals surface area (Å²) in [6.07, 6.45) is 10.2. The Balaban J connectivity index is 1.50. The minimum absolute atomic E-state index is 0.285. The molecule has 0 N–H and O–H groups in total. The number of fused-ring (bicyclic) bond motifs is 5. The van der Waals surface area contributed by atoms with E-state index in [1.54, 1.807) is 11.1 Å². The molecule has 0 heterocycles. The lowest BCUT2D eigenvalue weighted by atomic mass is 9.52. The van der Waals surface area contributed by atoms with Crippen molar-refractivity contribution < 1.29 is 12.6 Å². The molecule has 0 aliphatic heterocycles. The maximum Gasteiger partial charge on any atom is 0.264 e. The van der Waals surface area contributed by atoms with Crippen LogP contribution < -0.4 is 0 Å². The molecule has 192 valence electrons. The van der Waals surface area contributed by atoms with E-state index in [2.05, 4.69) is 59.7 Å². The van der Waals surface area contributed by atoms with Crippen molar-refractivity contribution in [3.8, 4) is 0 Å². The molecule has 2 fully saturated rings. The molecule has 3 aliphatic carbocycles. The zero-order valence-electron chi connectivity index (χ0n) is 22.6. The average Bonchev–Trinajstić information content (AvgIpc) is 3.12. The number of hydrogen-bond donors (Lipinski definition) is 0. The van der Waals surface area contributed by atoms with Gasteiger partial charge in [-0.3, -0.25) is 4.18 Å². The minimum atomic E-state index is -3.41. The SMILES string of the molecule is Cc1cccc2c1CC[C@@H]1[C@@H]2CC[C@]2(C)[C@@H]([C@H](C)C[C@H](COS(C)(=O)=O)[C@@H](C)C(C)C)CC[C@@H]12. The smallest absolute Gasteiger partial charge is 0.264 e. The Morgan fingerprint density at radius 1 is 1.09 bits per heavy atom. The van der Waals surface area contributed by atoms with E-state index in [0.717, 1.165) is 30.1 Å². The predicted molar refractivity (Wildman–Crippen MR) is 141 cm³/mol. The first-order chi connectivity index (χ1) is 15.9. The van der Waals surface area contributed by atoms with Crippen LogP contribution >= 0.6 is 0 Å². The highest BCUT2D eigenvalue weighted by molar-refractivity contribution is 7.85. The van der Waals surface area contributed by atoms with Crippen LogP contribution in [0.2, 0.25) is 0 Å². The van der Waals surface area contributed by atoms with Crippen molar-refractivity contribution in [1.29, 1.82) is 0 Å². The topological polar surface area (TPSA) is 43.4 Å². The van der Waals surface area contributed by atoms with Crippen LogP contribution in [0.1, 0.15) is 95.8 Å². The third-order valence-corrected chi connectivity index (χ3v) is 11.3. The summed E-state index contributed by atoms with van der Waals surface area (Å²) in [5.41, 5.74) is 5.22. The van der Waals surface area contributed by atoms with Gasteiger partial charge in [0.25, 0.3) is 10.1 Å². The van der Waals surface area contributed by atoms with Crippen LogP contribution in [0, 0.1) is 53.8 Å². The summed E-state index contributed by atoms with van der Waals surface area (Å²) in [5, 5.41) is 0. The molecule has 8 atom stereocenters. The fourth-order valence-corrected chi connectivity index (χ4v) is 9.03. The van der Waals surface area contributed by atoms with Gasteiger partial charge < -0.3 is 0 Å². The van der Waals surface area contributed by atoms with E-state index in [0.29, 0.717) is 29.8 Å². The molecule has 2 saturated carbocycles. The van der Waals surface area contributed by atoms with Crippen molar-refractivity contribution in [2.75, 3.05) is 12.9 Å². The Labute approximate surface area is 209 Å². The van der Waals surface area contributed by atoms with Crippen molar-refractivity contribution in [3.05, 3.63) is 34.9 Å². The number of benzene rings is 1. The third-order valence-electron chi connectivity index (χ3n) is 10.7. The first-order valence-corrected chi connectivity index (χ1v) is 15.7. The van der Waals surface area contributed by atoms with Gasteiger partial charge in [0.15, 0.2) is 0 Å². The Hall–Kier alpha value is -0.870. The molecule has 0 saturated heterocycles. The van der Waals surface area contributed by atoms with Crippen molar-refractivity contribution in [3.63, 3.8) is 0 Å². The molecule has 0 unspecified atom stereocenters. The maximum atomic E-state index is 11.7. The molecule has 4 rings (SSSR count). The highest BCUT2D eigenvalue weighted by Gasteiger charge is 2.55. The second kappa shape index (κ2) is 9.88. The van der Waals surface area contributed by atoms with Crippen LogP contribution in [-0.2, 0) is 20.7 Å². The summed E-state index contributed by atoms with van der Waals surface area (Å²) in [4.78, 5) is 0. The van der Waals surface area contributed by atoms with Gasteiger partial charge in [-0.1, -0.05) is 52.8 Å². The van der Waals surface area contributed by atoms with Gasteiger partial charge in [0.1, 0.15) is 0 Å². The first-order valence-electron chi connectivity index (χ1n) is 13.8. The minimum Gasteiger partial charge on any atom is -0.270 e. The maximum absolute atomic E-state index is 11.7. The first kappa shape index (κ1) is 26.2. The lowest BCUT2D eigenvalue weighted by molar-refractivity contribution is 0.00333. The van der Waals surface area contributed by atoms with Crippen LogP contribution in [0.4, 0.5) is 0 Å². The van der Waals surface area contributed by atoms with Crippen LogP contribution in [0.5, 0.6) is 0 Å². The largest absolute Gasteiger partial charge is 0.270 e. The summed E-state index contributed by atoms with van der Waals surface area (Å²) in [5.74, 6) is 5.01. The van der Waals surface area contributed by atoms with Gasteiger partial charge in [0.05, 0.1) is 12.9 Å². The number of hydrogen-bond acceptors (Lipinski definition) is 3. The van der Waals surface area contributed by atoms with E-state index in [1.807, 2.05) is 0 Å². The Kier molecular flexibility index (Phi) is 7.62. The second-order valence-corrected chi connectivity index (χ2v) is 14.5. The van der Waals surface area contributed by atoms with Crippen LogP contribution in [-0.4, -0.2) is 21.3 Å². The molecule has 0 spiro atoms. The van der Waals surface area contributed by atoms with Crippen molar-refractivity contribution >= 4 is 10.1 Å². The van der Waals surface area contributed by atoms with Gasteiger partial charge in [-0.2, -0.15) is 8.42 Å². The molecular weight excluding hydrogens is 440 g/mol. The molecule has 4 heteroatoms. The molecule has 0 amide bonds. The van der Waals surface area contributed by atoms with Crippen molar-refractivity contribution in [2.24, 2.45) is 46.8 Å². The highest BCUT2D eigenvalue weighted by Crippen LogP contribution is 2.64. The van der Waals surface area contributed by atoms with E-state index in [4.69, 9.17) is 4.18 Å². The standard InChI is InChI=1S/C30H48O3S/c1-19(2)22(5)23(18-33-34(7,31)32)17-21(4)28-13-14-29-27-12-11-24-20(3)9-8-10-25(24)26(27)15-16-30(28,29)6/h8-10,19,21-23,26-29H,11-18H2,1-7H3/t21-,22+,23-,26-,27-,28-,29+,30-/m1/s1. The van der Waals surface area contributed by atoms with E-state index in [9.17, 15) is 8.42 Å². The summed E-state index contributed by atoms with van der Waals surface area (Å²) in [7, 11) is -3.41. The Bertz CT molecular complexity index is 967. The normalized spacial score (nSPS) is 33.6. The molecule has 0 radical (unpaired) electrons. The second-order valence-electron chi connectivity index (χ2n) is 12.9. The number of rotatable bonds is 8. The lowest BCUT2D eigenvalue weighted by Gasteiger charge is -2.52. The molecule has 3 aliphatic rings. The van der Waals surface area contributed by atoms with Crippen LogP contribution in [0.15, 0.2) is 18.2 Å². The Morgan fingerprint density at radius 2 is 1.82 bits per heavy atom. The Morgan fingerprint density at radius 3 is 2.50 bits per heavy atom. The van der Waals surface area contributed by atoms with Gasteiger partial charge in [0.2, 0.25) is 0 Å². The zero-order chi connectivity index (χ0) is 24.8. The van der Waals surface area contributed by atoms with Gasteiger partial charge >= 0.3 is 0 Å². The lowest BCUT2D eigenvalue weighted by Crippen LogP contribution is -2.44. The van der Waals surface area contributed by atoms with Gasteiger partial charge in [-0.15, -0.1) is 0 Å². The van der Waals surface area contributed by atoms with Crippen LogP contribution in [0.3, 0.4) is 0 Å². The molecular formula is C30H48O3S. The summed E-state index contributed by atoms with van der Waals surface area (Å²) in [6.45, 7) is 14.5. The molecule has 1 aromatic carbocycles. The average molecular weight is 489 g/mol. The van der Waals surface area contributed by atoms with Crippen molar-refractivity contribution in [2.45, 2.75) is 92.4 Å². The summed E-state index contributed by atoms with van der Waals surface area (Å²) >= 11 is 0. The molecule has 0 aromatic heterocycles. The van der Waals surface area contributed by atoms with E-state index >= 15 is 0 Å². The third kappa shape index (κ3) is 5.01. The molecule has 1 aromatic rings. The summed E-state index contributed by atoms with van der Waals surface area (Å²) < 4.78 is 28.8. The summed E-state index contributed by atoms with van der Waals surface area (Å²) in [6, 6.07) is 7.00. The highest BCUT2D eigenvalue weighted by atomic mass is 32.2. The monoisotopic (exact) mass is 488 g/mol. The van der Waals surface area contributed by atoms with Gasteiger partial charge in [-0.05, 0) is 121 Å². The van der Waals surface area contributed by atoms with Crippen LogP contribution in [0.25, 0.3) is 0 Å². The predicted octanol–water partition coefficient (Wildman–Crippen LogP) is 7.38. The molecule has 34 heavy (non-hydrogen) atoms. The molecule has 0 bridgehead atoms. The fraction of sp³-hybridized carbons (Fsp3) is 0.800. The van der Waals surface area contributed by atoms with E-state index in [1.165, 1.54) is 50.3 Å². The number of aryl methyl sites for hydroxylation is 1. The van der Waals surface area contributed by atoms with E-state index in [-0.39, 0.29) is 5.92 Å². The van der Waals surface area contributed by atoms with Gasteiger partial charge in [-0.25, -0.2) is 0 Å². The zero-order valence-corrected chi connectivity index (χ0v) is 23.5. The van der Waals surface area contributed by atoms with Crippen molar-refractivity contribution in [1.82, 2.24) is 0 Å². The van der Waals surface area contributed by atoms with E-state index < -0.39 is 10.1 Å². The fourth-order valence-electron chi connectivity index (χ4n) is 8.61. The molecule has 3 nitrogen and oxygen atoms in total. The quantitative estimate of drug-likeness (QED) is 0.359. The van der Waals surface area contributed by atoms with Gasteiger partial charge in [0, 0.05) is 0 Å².